The highest BCUT2D eigenvalue weighted by Gasteiger charge is 2.51. The van der Waals surface area contributed by atoms with E-state index in [0.29, 0.717) is 35.5 Å². The summed E-state index contributed by atoms with van der Waals surface area (Å²) in [7, 11) is -26.2. The number of rotatable bonds is 36. The van der Waals surface area contributed by atoms with Gasteiger partial charge in [-0.15, -0.1) is 0 Å². The number of halogens is 2. The summed E-state index contributed by atoms with van der Waals surface area (Å²) < 4.78 is 259. The third-order valence-electron chi connectivity index (χ3n) is 22.9. The average molecular weight is 1990 g/mol. The molecule has 16 rings (SSSR count). The van der Waals surface area contributed by atoms with Crippen molar-refractivity contribution in [2.75, 3.05) is 124 Å². The van der Waals surface area contributed by atoms with Crippen LogP contribution in [0.1, 0.15) is 225 Å². The minimum absolute atomic E-state index is 0.00705. The number of carbonyl (C=O) groups is 12. The fourth-order valence-corrected chi connectivity index (χ4v) is 19.6. The predicted octanol–water partition coefficient (Wildman–Crippen LogP) is 11.6. The Morgan fingerprint density at radius 3 is 0.768 bits per heavy atom. The Balaban J connectivity index is 0.000000167. The molecule has 42 heteroatoms. The normalized spacial score (nSPS) is 17.9. The average Bonchev–Trinajstić information content (AvgIpc) is 1.60. The van der Waals surface area contributed by atoms with E-state index in [0.717, 1.165) is 72.6 Å². The lowest BCUT2D eigenvalue weighted by molar-refractivity contribution is -0.118. The summed E-state index contributed by atoms with van der Waals surface area (Å²) in [6, 6.07) is 23.6. The van der Waals surface area contributed by atoms with Crippen molar-refractivity contribution in [3.63, 3.8) is 0 Å². The molecule has 8 aliphatic rings. The van der Waals surface area contributed by atoms with Crippen LogP contribution in [0.15, 0.2) is 133 Å². The number of hydrogen-bond acceptors (Lipinski definition) is 28. The lowest BCUT2D eigenvalue weighted by Crippen LogP contribution is -2.38. The van der Waals surface area contributed by atoms with Gasteiger partial charge >= 0.3 is 0 Å². The van der Waals surface area contributed by atoms with E-state index in [2.05, 4.69) is 21.3 Å². The van der Waals surface area contributed by atoms with Crippen molar-refractivity contribution < 1.29 is 154 Å². The fraction of sp³-hybridized carbons (Fsp3) is 0.375. The van der Waals surface area contributed by atoms with Crippen molar-refractivity contribution in [3.8, 4) is 46.0 Å². The number of amides is 12. The van der Waals surface area contributed by atoms with Crippen LogP contribution in [0.3, 0.4) is 0 Å². The summed E-state index contributed by atoms with van der Waals surface area (Å²) in [4.78, 5) is 160. The second kappa shape index (κ2) is 41.7. The van der Waals surface area contributed by atoms with E-state index in [9.17, 15) is 100.0 Å². The summed E-state index contributed by atoms with van der Waals surface area (Å²) >= 11 is 0. The Morgan fingerprint density at radius 1 is 0.319 bits per heavy atom. The van der Waals surface area contributed by atoms with Gasteiger partial charge in [-0.25, -0.2) is 42.5 Å². The lowest BCUT2D eigenvalue weighted by atomic mass is 10.1. The first-order chi connectivity index (χ1) is 70.0. The number of anilines is 4. The van der Waals surface area contributed by atoms with Gasteiger partial charge in [-0.3, -0.25) is 77.1 Å². The molecule has 0 bridgehead atoms. The molecular formula is C96H102F2N8O28S4. The number of carbonyl (C=O) groups excluding carboxylic acids is 12. The van der Waals surface area contributed by atoms with Crippen LogP contribution in [0, 0.1) is 35.3 Å². The monoisotopic (exact) mass is 1990 g/mol. The third-order valence-corrected chi connectivity index (χ3v) is 26.6. The van der Waals surface area contributed by atoms with Gasteiger partial charge in [0.2, 0.25) is 23.6 Å². The minimum Gasteiger partial charge on any atom is -0.493 e. The van der Waals surface area contributed by atoms with Gasteiger partial charge in [0.1, 0.15) is 51.0 Å². The maximum absolute atomic E-state index is 14.8. The van der Waals surface area contributed by atoms with Crippen LogP contribution in [0.2, 0.25) is 0 Å². The number of benzene rings is 8. The van der Waals surface area contributed by atoms with Gasteiger partial charge in [-0.05, 0) is 198 Å². The predicted molar refractivity (Wildman–Crippen MR) is 500 cm³/mol. The van der Waals surface area contributed by atoms with Crippen molar-refractivity contribution >= 4 is 133 Å². The molecule has 138 heavy (non-hydrogen) atoms. The number of nitrogens with zero attached hydrogens (tertiary/aromatic N) is 4. The molecule has 4 atom stereocenters. The van der Waals surface area contributed by atoms with Crippen LogP contribution in [-0.4, -0.2) is 227 Å². The highest BCUT2D eigenvalue weighted by Crippen LogP contribution is 2.47. The molecule has 4 fully saturated rings. The molecule has 8 aromatic rings. The Kier molecular flexibility index (Phi) is 25.9. The Bertz CT molecular complexity index is 6870. The second-order valence-electron chi connectivity index (χ2n) is 33.5. The van der Waals surface area contributed by atoms with E-state index in [1.54, 1.807) is 27.7 Å². The van der Waals surface area contributed by atoms with Gasteiger partial charge in [-0.2, -0.15) is 0 Å². The Labute approximate surface area is 811 Å². The van der Waals surface area contributed by atoms with Gasteiger partial charge in [0, 0.05) is 48.7 Å². The minimum atomic E-state index is -3.82. The van der Waals surface area contributed by atoms with Gasteiger partial charge in [-0.1, -0.05) is 36.4 Å². The molecule has 0 aromatic heterocycles. The molecule has 4 N–H and O–H groups in total. The first-order valence-electron chi connectivity index (χ1n) is 49.2. The first-order valence-corrected chi connectivity index (χ1v) is 51.4. The van der Waals surface area contributed by atoms with Gasteiger partial charge < -0.3 is 59.2 Å². The molecule has 4 aliphatic carbocycles. The van der Waals surface area contributed by atoms with Gasteiger partial charge in [0.25, 0.3) is 47.3 Å². The zero-order valence-corrected chi connectivity index (χ0v) is 78.5. The summed E-state index contributed by atoms with van der Waals surface area (Å²) in [5, 5.41) is 10.6. The van der Waals surface area contributed by atoms with E-state index < -0.39 is 185 Å². The zero-order chi connectivity index (χ0) is 110. The van der Waals surface area contributed by atoms with E-state index in [-0.39, 0.29) is 198 Å². The summed E-state index contributed by atoms with van der Waals surface area (Å²) in [6.45, 7) is 7.08. The highest BCUT2D eigenvalue weighted by atomic mass is 32.2. The van der Waals surface area contributed by atoms with Crippen LogP contribution in [0.25, 0.3) is 0 Å². The molecule has 0 saturated heterocycles. The van der Waals surface area contributed by atoms with Gasteiger partial charge in [0.05, 0.1) is 185 Å². The largest absolute Gasteiger partial charge is 0.493 e. The molecule has 8 aromatic carbocycles. The summed E-state index contributed by atoms with van der Waals surface area (Å²) in [5.74, 6) is -14.2. The van der Waals surface area contributed by atoms with E-state index in [1.165, 1.54) is 121 Å². The van der Waals surface area contributed by atoms with Gasteiger partial charge in [0.15, 0.2) is 46.0 Å². The van der Waals surface area contributed by atoms with E-state index in [1.807, 2.05) is 0 Å². The molecule has 732 valence electrons. The quantitative estimate of drug-likeness (QED) is 0.0265. The number of imide groups is 4. The number of hydrogen-bond donors (Lipinski definition) is 4. The zero-order valence-electron chi connectivity index (χ0n) is 87.2. The molecule has 2 unspecified atom stereocenters. The summed E-state index contributed by atoms with van der Waals surface area (Å²) in [6.07, 6.45) is 9.49. The maximum atomic E-state index is 14.8. The molecule has 4 heterocycles. The molecule has 36 nitrogen and oxygen atoms in total. The van der Waals surface area contributed by atoms with Crippen molar-refractivity contribution in [1.29, 1.82) is 0 Å². The van der Waals surface area contributed by atoms with Crippen LogP contribution >= 0.6 is 0 Å². The van der Waals surface area contributed by atoms with Crippen LogP contribution in [0.4, 0.5) is 31.5 Å². The molecule has 0 radical (unpaired) electrons. The second-order valence-corrected chi connectivity index (χ2v) is 42.3. The van der Waals surface area contributed by atoms with E-state index >= 15 is 0 Å². The van der Waals surface area contributed by atoms with Crippen molar-refractivity contribution in [3.05, 3.63) is 212 Å². The number of methoxy groups -OCH3 is 4. The number of nitrogens with one attached hydrogen (secondary N) is 4. The Hall–Kier alpha value is -13.7. The SMILES string of the molecule is [2H]C([2H])([2H])Oc1ccc(C(CS(C)(=O)=O)N2C(=O)c3c(F)ccc(NC(=O)C4CC4)c3C2=O)cc1OCC.[2H]C([2H])([2H])Oc1ccc(C(CS(C)(=O)=O)N2C(=O)c3cccc(NC(=O)C4CC4)c3C2=O)cc1OCC.[2H]C([2H])([2H])Oc1ccc([C@@H](CS(C)(=O)=O)N2C(=O)c3c(F)ccc(NC(=O)C4CC4)c3C2=O)cc1OCC.[2H]C([2H])([2H])Oc1ccc([C@@H](CS(C)(=O)=O)N2C(=O)c3cccc(NC(=O)C4CC4)c3C2=O)cc1OCC. The molecular weight excluding hydrogens is 1880 g/mol. The molecule has 4 aliphatic heterocycles. The lowest BCUT2D eigenvalue weighted by Gasteiger charge is -2.27. The van der Waals surface area contributed by atoms with Crippen LogP contribution < -0.4 is 59.2 Å². The number of sulfone groups is 4. The molecule has 0 spiro atoms. The van der Waals surface area contributed by atoms with Crippen molar-refractivity contribution in [2.24, 2.45) is 23.7 Å². The van der Waals surface area contributed by atoms with Crippen LogP contribution in [0.5, 0.6) is 46.0 Å². The number of fused-ring (bicyclic) bond motifs is 4. The van der Waals surface area contributed by atoms with E-state index in [4.69, 9.17) is 54.3 Å². The Morgan fingerprint density at radius 2 is 0.543 bits per heavy atom. The summed E-state index contributed by atoms with van der Waals surface area (Å²) in [5.41, 5.74) is -0.861. The van der Waals surface area contributed by atoms with Crippen molar-refractivity contribution in [1.82, 2.24) is 19.6 Å². The number of ether oxygens (including phenoxy) is 8. The standard InChI is InChI=1S/2C24H25FN2O7S.2C24H26N2O7S/c2*1-4-34-19-11-14(7-10-18(19)33-2)17(12-35(3,31)32)27-23(29)20-15(25)8-9-16(21(20)24(27)30)26-22(28)13-5-6-13;2*1-4-33-20-12-15(10-11-19(20)32-2)18(13-34(3,30)31)26-23(28)16-6-5-7-17(21(16)24(26)29)25-22(27)14-8-9-14/h2*7-11,13,17H,4-6,12H2,1-3H3,(H,26,28);2*5-7,10-12,14,18H,4,8-9,13H2,1-3H3,(H,25,27)/t17-;;18-;/m1.1./s1/i4*2D3. The smallest absolute Gasteiger partial charge is 0.265 e. The fourth-order valence-electron chi connectivity index (χ4n) is 15.9. The highest BCUT2D eigenvalue weighted by molar-refractivity contribution is 7.91. The first kappa shape index (κ1) is 85.9. The molecule has 4 saturated carbocycles. The van der Waals surface area contributed by atoms with Crippen molar-refractivity contribution in [2.45, 2.75) is 103 Å². The maximum Gasteiger partial charge on any atom is 0.265 e. The third kappa shape index (κ3) is 22.9. The topological polar surface area (TPSA) is 476 Å². The van der Waals surface area contributed by atoms with Crippen LogP contribution in [-0.2, 0) is 58.5 Å². The molecule has 12 amide bonds.